The molecule has 1 saturated carbocycles. The summed E-state index contributed by atoms with van der Waals surface area (Å²) in [6, 6.07) is 7.94. The lowest BCUT2D eigenvalue weighted by atomic mass is 10.1. The maximum atomic E-state index is 12.1. The molecule has 2 aromatic rings. The van der Waals surface area contributed by atoms with Gasteiger partial charge in [0.1, 0.15) is 11.6 Å². The van der Waals surface area contributed by atoms with Crippen molar-refractivity contribution in [2.24, 2.45) is 10.9 Å². The van der Waals surface area contributed by atoms with E-state index >= 15 is 0 Å². The summed E-state index contributed by atoms with van der Waals surface area (Å²) >= 11 is 1.42. The van der Waals surface area contributed by atoms with Gasteiger partial charge >= 0.3 is 0 Å². The first-order valence-corrected chi connectivity index (χ1v) is 11.9. The average Bonchev–Trinajstić information content (AvgIpc) is 3.58. The SMILES string of the molecule is CC1=CC(Nc2nc(Sc3ccc(CC(=O)C4CC4)cc3)nc(N3CCNC(=O)C3)n2)=NC1. The van der Waals surface area contributed by atoms with Crippen molar-refractivity contribution in [2.45, 2.75) is 36.2 Å². The Morgan fingerprint density at radius 1 is 1.21 bits per heavy atom. The van der Waals surface area contributed by atoms with Crippen LogP contribution in [0.3, 0.4) is 0 Å². The van der Waals surface area contributed by atoms with Gasteiger partial charge in [-0.2, -0.15) is 15.0 Å². The number of aromatic nitrogens is 3. The molecule has 2 N–H and O–H groups in total. The van der Waals surface area contributed by atoms with Crippen molar-refractivity contribution in [3.63, 3.8) is 0 Å². The molecule has 3 aliphatic rings. The quantitative estimate of drug-likeness (QED) is 0.643. The van der Waals surface area contributed by atoms with E-state index in [1.54, 1.807) is 0 Å². The predicted octanol–water partition coefficient (Wildman–Crippen LogP) is 2.25. The van der Waals surface area contributed by atoms with Gasteiger partial charge in [-0.15, -0.1) is 0 Å². The zero-order valence-electron chi connectivity index (χ0n) is 18.4. The van der Waals surface area contributed by atoms with E-state index in [4.69, 9.17) is 0 Å². The van der Waals surface area contributed by atoms with Crippen LogP contribution in [0.2, 0.25) is 0 Å². The number of amides is 1. The van der Waals surface area contributed by atoms with Crippen LogP contribution in [0.4, 0.5) is 11.9 Å². The molecule has 0 radical (unpaired) electrons. The van der Waals surface area contributed by atoms with E-state index in [0.29, 0.717) is 54.7 Å². The van der Waals surface area contributed by atoms with Gasteiger partial charge in [-0.25, -0.2) is 0 Å². The number of ketones is 1. The van der Waals surface area contributed by atoms with Crippen LogP contribution in [0.5, 0.6) is 0 Å². The molecule has 0 atom stereocenters. The lowest BCUT2D eigenvalue weighted by molar-refractivity contribution is -0.120. The van der Waals surface area contributed by atoms with Gasteiger partial charge in [-0.05, 0) is 60.9 Å². The van der Waals surface area contributed by atoms with E-state index in [1.165, 1.54) is 11.8 Å². The highest BCUT2D eigenvalue weighted by atomic mass is 32.2. The van der Waals surface area contributed by atoms with E-state index < -0.39 is 0 Å². The van der Waals surface area contributed by atoms with Crippen molar-refractivity contribution < 1.29 is 9.59 Å². The second-order valence-electron chi connectivity index (χ2n) is 8.49. The first kappa shape index (κ1) is 21.6. The second-order valence-corrected chi connectivity index (χ2v) is 9.53. The molecule has 1 aromatic heterocycles. The van der Waals surface area contributed by atoms with Crippen molar-refractivity contribution in [1.29, 1.82) is 0 Å². The largest absolute Gasteiger partial charge is 0.353 e. The van der Waals surface area contributed by atoms with E-state index in [1.807, 2.05) is 42.2 Å². The normalized spacial score (nSPS) is 18.0. The minimum absolute atomic E-state index is 0.0552. The van der Waals surface area contributed by atoms with Crippen LogP contribution in [0, 0.1) is 5.92 Å². The fourth-order valence-electron chi connectivity index (χ4n) is 3.65. The summed E-state index contributed by atoms with van der Waals surface area (Å²) in [5.41, 5.74) is 2.19. The van der Waals surface area contributed by atoms with Gasteiger partial charge in [0.2, 0.25) is 17.8 Å². The number of hydrogen-bond acceptors (Lipinski definition) is 9. The number of piperazine rings is 1. The highest BCUT2D eigenvalue weighted by Gasteiger charge is 2.29. The highest BCUT2D eigenvalue weighted by molar-refractivity contribution is 7.99. The standard InChI is InChI=1S/C23H25N7O2S/c1-14-10-19(25-12-14)26-21-27-22(30-9-8-24-20(32)13-30)29-23(28-21)33-17-6-2-15(3-7-17)11-18(31)16-4-5-16/h2-3,6-7,10,16H,4-5,8-9,11-13H2,1H3,(H,24,32)(H,25,26,27,28,29). The number of nitrogens with one attached hydrogen (secondary N) is 2. The molecule has 33 heavy (non-hydrogen) atoms. The summed E-state index contributed by atoms with van der Waals surface area (Å²) in [5.74, 6) is 2.11. The van der Waals surface area contributed by atoms with Crippen molar-refractivity contribution >= 4 is 41.2 Å². The zero-order chi connectivity index (χ0) is 22.8. The van der Waals surface area contributed by atoms with E-state index in [-0.39, 0.29) is 18.4 Å². The molecule has 1 aromatic carbocycles. The van der Waals surface area contributed by atoms with Crippen LogP contribution in [-0.4, -0.2) is 58.7 Å². The summed E-state index contributed by atoms with van der Waals surface area (Å²) < 4.78 is 0. The molecule has 0 bridgehead atoms. The summed E-state index contributed by atoms with van der Waals surface area (Å²) in [7, 11) is 0. The van der Waals surface area contributed by atoms with Gasteiger partial charge in [0.15, 0.2) is 5.16 Å². The molecular formula is C23H25N7O2S. The number of Topliss-reactive ketones (excluding diaryl/α,β-unsaturated/α-hetero) is 1. The molecule has 1 aliphatic carbocycles. The minimum Gasteiger partial charge on any atom is -0.353 e. The molecular weight excluding hydrogens is 438 g/mol. The third kappa shape index (κ3) is 5.57. The average molecular weight is 464 g/mol. The molecule has 3 heterocycles. The third-order valence-corrected chi connectivity index (χ3v) is 6.46. The first-order chi connectivity index (χ1) is 16.0. The zero-order valence-corrected chi connectivity index (χ0v) is 19.2. The summed E-state index contributed by atoms with van der Waals surface area (Å²) in [5, 5.41) is 6.51. The number of carbonyl (C=O) groups excluding carboxylic acids is 2. The number of anilines is 2. The molecule has 170 valence electrons. The van der Waals surface area contributed by atoms with Crippen LogP contribution < -0.4 is 15.5 Å². The number of hydrogen-bond donors (Lipinski definition) is 2. The second kappa shape index (κ2) is 9.30. The minimum atomic E-state index is -0.0552. The van der Waals surface area contributed by atoms with Crippen molar-refractivity contribution in [3.8, 4) is 0 Å². The Balaban J connectivity index is 1.35. The Labute approximate surface area is 196 Å². The maximum Gasteiger partial charge on any atom is 0.239 e. The summed E-state index contributed by atoms with van der Waals surface area (Å²) in [4.78, 5) is 44.9. The molecule has 10 heteroatoms. The summed E-state index contributed by atoms with van der Waals surface area (Å²) in [6.45, 7) is 4.06. The fraction of sp³-hybridized carbons (Fsp3) is 0.391. The lowest BCUT2D eigenvalue weighted by Gasteiger charge is -2.26. The van der Waals surface area contributed by atoms with Crippen molar-refractivity contribution in [2.75, 3.05) is 36.4 Å². The Morgan fingerprint density at radius 3 is 2.73 bits per heavy atom. The summed E-state index contributed by atoms with van der Waals surface area (Å²) in [6.07, 6.45) is 4.52. The molecule has 5 rings (SSSR count). The molecule has 9 nitrogen and oxygen atoms in total. The maximum absolute atomic E-state index is 12.1. The number of rotatable bonds is 7. The van der Waals surface area contributed by atoms with Crippen LogP contribution in [0.1, 0.15) is 25.3 Å². The molecule has 0 spiro atoms. The van der Waals surface area contributed by atoms with Crippen molar-refractivity contribution in [3.05, 3.63) is 41.5 Å². The molecule has 1 amide bonds. The highest BCUT2D eigenvalue weighted by Crippen LogP contribution is 2.32. The number of amidine groups is 1. The van der Waals surface area contributed by atoms with Crippen LogP contribution >= 0.6 is 11.8 Å². The van der Waals surface area contributed by atoms with Gasteiger partial charge in [-0.3, -0.25) is 14.6 Å². The predicted molar refractivity (Wildman–Crippen MR) is 127 cm³/mol. The van der Waals surface area contributed by atoms with E-state index in [9.17, 15) is 9.59 Å². The molecule has 1 saturated heterocycles. The van der Waals surface area contributed by atoms with E-state index in [2.05, 4.69) is 30.6 Å². The molecule has 2 aliphatic heterocycles. The third-order valence-electron chi connectivity index (χ3n) is 5.59. The van der Waals surface area contributed by atoms with Gasteiger partial charge in [0.25, 0.3) is 0 Å². The molecule has 2 fully saturated rings. The smallest absolute Gasteiger partial charge is 0.239 e. The fourth-order valence-corrected chi connectivity index (χ4v) is 4.40. The first-order valence-electron chi connectivity index (χ1n) is 11.1. The number of nitrogens with zero attached hydrogens (tertiary/aromatic N) is 5. The number of carbonyl (C=O) groups is 2. The Bertz CT molecular complexity index is 1140. The van der Waals surface area contributed by atoms with Crippen LogP contribution in [-0.2, 0) is 16.0 Å². The van der Waals surface area contributed by atoms with Gasteiger partial charge in [0.05, 0.1) is 13.1 Å². The van der Waals surface area contributed by atoms with Crippen LogP contribution in [0.25, 0.3) is 0 Å². The van der Waals surface area contributed by atoms with Gasteiger partial charge in [0, 0.05) is 30.3 Å². The lowest BCUT2D eigenvalue weighted by Crippen LogP contribution is -2.48. The number of aliphatic imine (C=N–C) groups is 1. The monoisotopic (exact) mass is 463 g/mol. The van der Waals surface area contributed by atoms with Gasteiger partial charge in [-0.1, -0.05) is 12.1 Å². The van der Waals surface area contributed by atoms with Gasteiger partial charge < -0.3 is 15.5 Å². The topological polar surface area (TPSA) is 112 Å². The Morgan fingerprint density at radius 2 is 2.03 bits per heavy atom. The van der Waals surface area contributed by atoms with Crippen LogP contribution in [0.15, 0.2) is 51.0 Å². The van der Waals surface area contributed by atoms with E-state index in [0.717, 1.165) is 28.9 Å². The Hall–Kier alpha value is -3.27. The van der Waals surface area contributed by atoms with Crippen molar-refractivity contribution in [1.82, 2.24) is 20.3 Å². The number of benzene rings is 1. The molecule has 0 unspecified atom stereocenters. The Kier molecular flexibility index (Phi) is 6.08.